The molecule has 1 fully saturated rings. The van der Waals surface area contributed by atoms with E-state index in [1.807, 2.05) is 12.1 Å². The van der Waals surface area contributed by atoms with Gasteiger partial charge in [0.25, 0.3) is 0 Å². The van der Waals surface area contributed by atoms with E-state index in [4.69, 9.17) is 9.52 Å². The zero-order valence-corrected chi connectivity index (χ0v) is 9.06. The molecule has 0 amide bonds. The first kappa shape index (κ1) is 10.7. The average Bonchev–Trinajstić information content (AvgIpc) is 2.89. The smallest absolute Gasteiger partial charge is 0.117 e. The molecule has 0 atom stereocenters. The van der Waals surface area contributed by atoms with Crippen LogP contribution in [0.3, 0.4) is 0 Å². The maximum absolute atomic E-state index is 9.05. The molecule has 0 bridgehead atoms. The van der Waals surface area contributed by atoms with Crippen LogP contribution < -0.4 is 0 Å². The number of hydrogen-bond donors (Lipinski definition) is 1. The Balaban J connectivity index is 1.93. The van der Waals surface area contributed by atoms with Crippen LogP contribution in [0.5, 0.6) is 0 Å². The minimum absolute atomic E-state index is 0.233. The molecule has 1 N–H and O–H groups in total. The third-order valence-corrected chi connectivity index (χ3v) is 3.17. The van der Waals surface area contributed by atoms with Gasteiger partial charge in [-0.2, -0.15) is 0 Å². The number of hydrogen-bond acceptors (Lipinski definition) is 3. The topological polar surface area (TPSA) is 36.6 Å². The highest BCUT2D eigenvalue weighted by Gasteiger charge is 2.22. The van der Waals surface area contributed by atoms with E-state index in [1.165, 1.54) is 25.7 Å². The fourth-order valence-electron chi connectivity index (χ4n) is 2.39. The Hall–Kier alpha value is -0.800. The lowest BCUT2D eigenvalue weighted by Gasteiger charge is -2.26. The fraction of sp³-hybridized carbons (Fsp3) is 0.667. The molecule has 1 heterocycles. The first-order valence-electron chi connectivity index (χ1n) is 5.77. The normalized spacial score (nSPS) is 17.7. The number of nitrogens with zero attached hydrogens (tertiary/aromatic N) is 1. The van der Waals surface area contributed by atoms with Crippen molar-refractivity contribution < 1.29 is 9.52 Å². The van der Waals surface area contributed by atoms with Crippen LogP contribution in [0, 0.1) is 0 Å². The summed E-state index contributed by atoms with van der Waals surface area (Å²) in [5.41, 5.74) is 0. The largest absolute Gasteiger partial charge is 0.468 e. The Kier molecular flexibility index (Phi) is 3.80. The van der Waals surface area contributed by atoms with Crippen molar-refractivity contribution in [2.75, 3.05) is 13.2 Å². The van der Waals surface area contributed by atoms with Gasteiger partial charge in [-0.05, 0) is 25.0 Å². The minimum Gasteiger partial charge on any atom is -0.468 e. The standard InChI is InChI=1S/C12H19NO2/c14-8-7-13(11-4-1-2-5-11)10-12-6-3-9-15-12/h3,6,9,11,14H,1-2,4-5,7-8,10H2. The molecular formula is C12H19NO2. The third-order valence-electron chi connectivity index (χ3n) is 3.17. The molecule has 0 radical (unpaired) electrons. The van der Waals surface area contributed by atoms with Gasteiger partial charge in [-0.15, -0.1) is 0 Å². The molecule has 1 aliphatic carbocycles. The van der Waals surface area contributed by atoms with Gasteiger partial charge in [0.2, 0.25) is 0 Å². The van der Waals surface area contributed by atoms with E-state index < -0.39 is 0 Å². The molecule has 0 saturated heterocycles. The van der Waals surface area contributed by atoms with Crippen LogP contribution in [-0.2, 0) is 6.54 Å². The van der Waals surface area contributed by atoms with Crippen molar-refractivity contribution in [3.8, 4) is 0 Å². The quantitative estimate of drug-likeness (QED) is 0.806. The Morgan fingerprint density at radius 1 is 1.40 bits per heavy atom. The third kappa shape index (κ3) is 2.83. The Labute approximate surface area is 90.7 Å². The molecule has 3 heteroatoms. The van der Waals surface area contributed by atoms with Crippen molar-refractivity contribution in [1.82, 2.24) is 4.90 Å². The second-order valence-electron chi connectivity index (χ2n) is 4.21. The van der Waals surface area contributed by atoms with E-state index >= 15 is 0 Å². The van der Waals surface area contributed by atoms with E-state index in [1.54, 1.807) is 6.26 Å². The average molecular weight is 209 g/mol. The van der Waals surface area contributed by atoms with Crippen LogP contribution in [0.2, 0.25) is 0 Å². The molecule has 0 spiro atoms. The predicted octanol–water partition coefficient (Wildman–Crippen LogP) is 2.02. The molecule has 2 rings (SSSR count). The summed E-state index contributed by atoms with van der Waals surface area (Å²) in [6, 6.07) is 4.56. The Morgan fingerprint density at radius 3 is 2.80 bits per heavy atom. The molecule has 1 saturated carbocycles. The van der Waals surface area contributed by atoms with E-state index in [0.29, 0.717) is 6.04 Å². The van der Waals surface area contributed by atoms with Gasteiger partial charge >= 0.3 is 0 Å². The highest BCUT2D eigenvalue weighted by Crippen LogP contribution is 2.24. The summed E-state index contributed by atoms with van der Waals surface area (Å²) in [6.07, 6.45) is 6.89. The molecule has 0 aliphatic heterocycles. The monoisotopic (exact) mass is 209 g/mol. The zero-order chi connectivity index (χ0) is 10.5. The lowest BCUT2D eigenvalue weighted by atomic mass is 10.2. The number of rotatable bonds is 5. The van der Waals surface area contributed by atoms with Crippen molar-refractivity contribution in [3.05, 3.63) is 24.2 Å². The maximum Gasteiger partial charge on any atom is 0.117 e. The van der Waals surface area contributed by atoms with Crippen molar-refractivity contribution in [2.24, 2.45) is 0 Å². The lowest BCUT2D eigenvalue weighted by molar-refractivity contribution is 0.136. The summed E-state index contributed by atoms with van der Waals surface area (Å²) in [6.45, 7) is 1.82. The molecule has 3 nitrogen and oxygen atoms in total. The van der Waals surface area contributed by atoms with E-state index in [-0.39, 0.29) is 6.61 Å². The molecule has 1 aromatic heterocycles. The predicted molar refractivity (Wildman–Crippen MR) is 58.5 cm³/mol. The molecule has 0 unspecified atom stereocenters. The van der Waals surface area contributed by atoms with Gasteiger partial charge in [-0.25, -0.2) is 0 Å². The maximum atomic E-state index is 9.05. The van der Waals surface area contributed by atoms with Crippen molar-refractivity contribution >= 4 is 0 Å². The summed E-state index contributed by atoms with van der Waals surface area (Å²) in [5.74, 6) is 0.996. The number of aliphatic hydroxyl groups is 1. The summed E-state index contributed by atoms with van der Waals surface area (Å²) in [4.78, 5) is 2.34. The summed E-state index contributed by atoms with van der Waals surface area (Å²) in [5, 5.41) is 9.05. The fourth-order valence-corrected chi connectivity index (χ4v) is 2.39. The molecule has 84 valence electrons. The van der Waals surface area contributed by atoms with Crippen LogP contribution >= 0.6 is 0 Å². The van der Waals surface area contributed by atoms with Crippen molar-refractivity contribution in [1.29, 1.82) is 0 Å². The molecule has 1 aromatic rings. The molecular weight excluding hydrogens is 190 g/mol. The van der Waals surface area contributed by atoms with E-state index in [0.717, 1.165) is 18.8 Å². The minimum atomic E-state index is 0.233. The molecule has 0 aromatic carbocycles. The highest BCUT2D eigenvalue weighted by atomic mass is 16.3. The lowest BCUT2D eigenvalue weighted by Crippen LogP contribution is -2.34. The van der Waals surface area contributed by atoms with Gasteiger partial charge in [-0.1, -0.05) is 12.8 Å². The van der Waals surface area contributed by atoms with Crippen LogP contribution in [0.1, 0.15) is 31.4 Å². The Bertz CT molecular complexity index is 265. The summed E-state index contributed by atoms with van der Waals surface area (Å²) in [7, 11) is 0. The second kappa shape index (κ2) is 5.33. The van der Waals surface area contributed by atoms with Crippen molar-refractivity contribution in [3.63, 3.8) is 0 Å². The summed E-state index contributed by atoms with van der Waals surface area (Å²) >= 11 is 0. The van der Waals surface area contributed by atoms with Gasteiger partial charge in [0.15, 0.2) is 0 Å². The summed E-state index contributed by atoms with van der Waals surface area (Å²) < 4.78 is 5.35. The molecule has 1 aliphatic rings. The van der Waals surface area contributed by atoms with Gasteiger partial charge in [0.1, 0.15) is 5.76 Å². The van der Waals surface area contributed by atoms with Crippen LogP contribution in [0.25, 0.3) is 0 Å². The second-order valence-corrected chi connectivity index (χ2v) is 4.21. The van der Waals surface area contributed by atoms with Crippen LogP contribution in [-0.4, -0.2) is 29.2 Å². The van der Waals surface area contributed by atoms with E-state index in [2.05, 4.69) is 4.90 Å². The molecule has 15 heavy (non-hydrogen) atoms. The van der Waals surface area contributed by atoms with Crippen LogP contribution in [0.4, 0.5) is 0 Å². The SMILES string of the molecule is OCCN(Cc1ccco1)C1CCCC1. The number of furan rings is 1. The highest BCUT2D eigenvalue weighted by molar-refractivity contribution is 4.98. The van der Waals surface area contributed by atoms with Crippen LogP contribution in [0.15, 0.2) is 22.8 Å². The number of aliphatic hydroxyl groups excluding tert-OH is 1. The van der Waals surface area contributed by atoms with E-state index in [9.17, 15) is 0 Å². The zero-order valence-electron chi connectivity index (χ0n) is 9.06. The van der Waals surface area contributed by atoms with Gasteiger partial charge in [-0.3, -0.25) is 4.90 Å². The van der Waals surface area contributed by atoms with Gasteiger partial charge in [0.05, 0.1) is 19.4 Å². The first-order chi connectivity index (χ1) is 7.40. The van der Waals surface area contributed by atoms with Gasteiger partial charge < -0.3 is 9.52 Å². The van der Waals surface area contributed by atoms with Crippen molar-refractivity contribution in [2.45, 2.75) is 38.3 Å². The Morgan fingerprint density at radius 2 is 2.20 bits per heavy atom. The first-order valence-corrected chi connectivity index (χ1v) is 5.77. The van der Waals surface area contributed by atoms with Gasteiger partial charge in [0, 0.05) is 12.6 Å².